The van der Waals surface area contributed by atoms with Crippen molar-refractivity contribution in [2.75, 3.05) is 26.2 Å². The molecule has 0 radical (unpaired) electrons. The molecular formula is C17H26BrNO. The van der Waals surface area contributed by atoms with Crippen LogP contribution in [-0.4, -0.2) is 31.1 Å². The summed E-state index contributed by atoms with van der Waals surface area (Å²) in [6.45, 7) is 11.3. The van der Waals surface area contributed by atoms with Gasteiger partial charge >= 0.3 is 0 Å². The molecule has 2 atom stereocenters. The number of nitrogens with zero attached hydrogens (tertiary/aromatic N) is 1. The minimum absolute atomic E-state index is 0.807. The highest BCUT2D eigenvalue weighted by atomic mass is 79.9. The molecule has 1 aliphatic rings. The normalized spacial score (nSPS) is 23.8. The quantitative estimate of drug-likeness (QED) is 0.732. The first-order valence-electron chi connectivity index (χ1n) is 7.66. The molecule has 0 aromatic heterocycles. The van der Waals surface area contributed by atoms with Crippen LogP contribution in [0.15, 0.2) is 22.7 Å². The number of rotatable bonds is 5. The number of piperidine rings is 1. The van der Waals surface area contributed by atoms with Crippen LogP contribution in [0.25, 0.3) is 0 Å². The van der Waals surface area contributed by atoms with Gasteiger partial charge in [0.2, 0.25) is 0 Å². The number of benzene rings is 1. The van der Waals surface area contributed by atoms with Crippen LogP contribution in [0.2, 0.25) is 0 Å². The van der Waals surface area contributed by atoms with Crippen molar-refractivity contribution in [1.82, 2.24) is 4.90 Å². The van der Waals surface area contributed by atoms with E-state index in [0.717, 1.165) is 41.6 Å². The van der Waals surface area contributed by atoms with Crippen molar-refractivity contribution in [1.29, 1.82) is 0 Å². The lowest BCUT2D eigenvalue weighted by Gasteiger charge is -2.34. The monoisotopic (exact) mass is 339 g/mol. The van der Waals surface area contributed by atoms with E-state index in [4.69, 9.17) is 4.74 Å². The number of ether oxygens (including phenoxy) is 1. The van der Waals surface area contributed by atoms with Gasteiger partial charge in [-0.2, -0.15) is 0 Å². The second kappa shape index (κ2) is 7.46. The molecule has 2 rings (SSSR count). The fourth-order valence-electron chi connectivity index (χ4n) is 3.22. The van der Waals surface area contributed by atoms with Gasteiger partial charge in [0.15, 0.2) is 0 Å². The van der Waals surface area contributed by atoms with E-state index in [1.165, 1.54) is 25.1 Å². The zero-order valence-corrected chi connectivity index (χ0v) is 14.4. The molecule has 0 unspecified atom stereocenters. The van der Waals surface area contributed by atoms with Crippen molar-refractivity contribution < 1.29 is 4.74 Å². The Labute approximate surface area is 131 Å². The predicted octanol–water partition coefficient (Wildman–Crippen LogP) is 4.50. The summed E-state index contributed by atoms with van der Waals surface area (Å²) in [7, 11) is 0. The molecule has 0 bridgehead atoms. The van der Waals surface area contributed by atoms with Crippen molar-refractivity contribution >= 4 is 15.9 Å². The van der Waals surface area contributed by atoms with Crippen molar-refractivity contribution in [2.24, 2.45) is 11.8 Å². The number of likely N-dealkylation sites (tertiary alicyclic amines) is 1. The molecule has 1 fully saturated rings. The van der Waals surface area contributed by atoms with Gasteiger partial charge in [-0.05, 0) is 55.4 Å². The fraction of sp³-hybridized carbons (Fsp3) is 0.647. The van der Waals surface area contributed by atoms with Gasteiger partial charge in [-0.3, -0.25) is 0 Å². The van der Waals surface area contributed by atoms with Gasteiger partial charge in [-0.1, -0.05) is 29.8 Å². The first-order chi connectivity index (χ1) is 9.54. The van der Waals surface area contributed by atoms with E-state index in [9.17, 15) is 0 Å². The third-order valence-electron chi connectivity index (χ3n) is 3.96. The lowest BCUT2D eigenvalue weighted by molar-refractivity contribution is 0.132. The molecule has 0 N–H and O–H groups in total. The lowest BCUT2D eigenvalue weighted by Crippen LogP contribution is -2.39. The third-order valence-corrected chi connectivity index (χ3v) is 4.45. The van der Waals surface area contributed by atoms with Crippen LogP contribution in [-0.2, 0) is 0 Å². The molecule has 1 aromatic carbocycles. The second-order valence-corrected chi connectivity index (χ2v) is 7.23. The summed E-state index contributed by atoms with van der Waals surface area (Å²) >= 11 is 3.48. The molecule has 1 aliphatic heterocycles. The van der Waals surface area contributed by atoms with Crippen LogP contribution in [0.1, 0.15) is 32.3 Å². The number of hydrogen-bond acceptors (Lipinski definition) is 2. The number of halogens is 1. The van der Waals surface area contributed by atoms with E-state index in [-0.39, 0.29) is 0 Å². The summed E-state index contributed by atoms with van der Waals surface area (Å²) in [5, 5.41) is 0. The van der Waals surface area contributed by atoms with E-state index in [1.807, 2.05) is 12.1 Å². The van der Waals surface area contributed by atoms with Crippen molar-refractivity contribution in [3.8, 4) is 5.75 Å². The minimum Gasteiger partial charge on any atom is -0.493 e. The molecule has 0 saturated carbocycles. The summed E-state index contributed by atoms with van der Waals surface area (Å²) in [5.41, 5.74) is 1.19. The summed E-state index contributed by atoms with van der Waals surface area (Å²) in [6, 6.07) is 6.18. The second-order valence-electron chi connectivity index (χ2n) is 6.32. The predicted molar refractivity (Wildman–Crippen MR) is 88.4 cm³/mol. The van der Waals surface area contributed by atoms with E-state index in [2.05, 4.69) is 47.7 Å². The molecule has 0 amide bonds. The Kier molecular flexibility index (Phi) is 5.91. The van der Waals surface area contributed by atoms with Gasteiger partial charge < -0.3 is 9.64 Å². The number of aryl methyl sites for hydroxylation is 1. The lowest BCUT2D eigenvalue weighted by atomic mass is 9.92. The fourth-order valence-corrected chi connectivity index (χ4v) is 3.70. The third kappa shape index (κ3) is 4.78. The molecule has 112 valence electrons. The molecular weight excluding hydrogens is 314 g/mol. The molecule has 1 heterocycles. The highest BCUT2D eigenvalue weighted by molar-refractivity contribution is 9.10. The first kappa shape index (κ1) is 15.8. The largest absolute Gasteiger partial charge is 0.493 e. The Morgan fingerprint density at radius 2 is 1.95 bits per heavy atom. The summed E-state index contributed by atoms with van der Waals surface area (Å²) in [5.74, 6) is 2.69. The van der Waals surface area contributed by atoms with Crippen LogP contribution in [0, 0.1) is 18.8 Å². The van der Waals surface area contributed by atoms with E-state index in [1.54, 1.807) is 0 Å². The molecule has 3 heteroatoms. The van der Waals surface area contributed by atoms with Gasteiger partial charge in [0.05, 0.1) is 6.61 Å². The van der Waals surface area contributed by atoms with Crippen LogP contribution < -0.4 is 4.74 Å². The smallest absolute Gasteiger partial charge is 0.122 e. The topological polar surface area (TPSA) is 12.5 Å². The minimum atomic E-state index is 0.807. The highest BCUT2D eigenvalue weighted by Gasteiger charge is 2.20. The maximum Gasteiger partial charge on any atom is 0.122 e. The van der Waals surface area contributed by atoms with Crippen LogP contribution in [0.3, 0.4) is 0 Å². The van der Waals surface area contributed by atoms with Gasteiger partial charge in [0.1, 0.15) is 5.75 Å². The zero-order valence-electron chi connectivity index (χ0n) is 12.9. The average Bonchev–Trinajstić information content (AvgIpc) is 2.35. The standard InChI is InChI=1S/C17H26BrNO/c1-13-9-14(2)12-19(11-13)7-4-8-20-17-6-5-16(18)10-15(17)3/h5-6,10,13-14H,4,7-9,11-12H2,1-3H3/t13-,14-/m0/s1. The molecule has 0 spiro atoms. The maximum absolute atomic E-state index is 5.89. The van der Waals surface area contributed by atoms with Crippen molar-refractivity contribution in [3.05, 3.63) is 28.2 Å². The van der Waals surface area contributed by atoms with Crippen LogP contribution in [0.5, 0.6) is 5.75 Å². The SMILES string of the molecule is Cc1cc(Br)ccc1OCCCN1C[C@@H](C)C[C@H](C)C1. The molecule has 20 heavy (non-hydrogen) atoms. The Bertz CT molecular complexity index is 425. The van der Waals surface area contributed by atoms with Gasteiger partial charge in [-0.15, -0.1) is 0 Å². The van der Waals surface area contributed by atoms with Gasteiger partial charge in [-0.25, -0.2) is 0 Å². The van der Waals surface area contributed by atoms with E-state index >= 15 is 0 Å². The molecule has 1 aromatic rings. The Morgan fingerprint density at radius 3 is 2.60 bits per heavy atom. The van der Waals surface area contributed by atoms with E-state index < -0.39 is 0 Å². The molecule has 2 nitrogen and oxygen atoms in total. The van der Waals surface area contributed by atoms with E-state index in [0.29, 0.717) is 0 Å². The Balaban J connectivity index is 1.71. The zero-order chi connectivity index (χ0) is 14.5. The van der Waals surface area contributed by atoms with Crippen molar-refractivity contribution in [3.63, 3.8) is 0 Å². The van der Waals surface area contributed by atoms with Gasteiger partial charge in [0.25, 0.3) is 0 Å². The van der Waals surface area contributed by atoms with Crippen LogP contribution in [0.4, 0.5) is 0 Å². The van der Waals surface area contributed by atoms with Crippen molar-refractivity contribution in [2.45, 2.75) is 33.6 Å². The number of hydrogen-bond donors (Lipinski definition) is 0. The Morgan fingerprint density at radius 1 is 1.25 bits per heavy atom. The average molecular weight is 340 g/mol. The highest BCUT2D eigenvalue weighted by Crippen LogP contribution is 2.23. The molecule has 0 aliphatic carbocycles. The molecule has 1 saturated heterocycles. The maximum atomic E-state index is 5.89. The van der Waals surface area contributed by atoms with Crippen LogP contribution >= 0.6 is 15.9 Å². The first-order valence-corrected chi connectivity index (χ1v) is 8.45. The summed E-state index contributed by atoms with van der Waals surface area (Å²) in [6.07, 6.45) is 2.49. The van der Waals surface area contributed by atoms with Gasteiger partial charge in [0, 0.05) is 24.1 Å². The summed E-state index contributed by atoms with van der Waals surface area (Å²) < 4.78 is 7.00. The Hall–Kier alpha value is -0.540. The summed E-state index contributed by atoms with van der Waals surface area (Å²) in [4.78, 5) is 2.59.